The van der Waals surface area contributed by atoms with Gasteiger partial charge in [-0.25, -0.2) is 15.0 Å². The molecule has 0 saturated carbocycles. The Morgan fingerprint density at radius 1 is 0.462 bits per heavy atom. The third kappa shape index (κ3) is 4.88. The largest absolute Gasteiger partial charge is 0.455 e. The number of amidine groups is 1. The fourth-order valence-corrected chi connectivity index (χ4v) is 7.35. The third-order valence-electron chi connectivity index (χ3n) is 9.75. The van der Waals surface area contributed by atoms with Gasteiger partial charge in [-0.2, -0.15) is 0 Å². The van der Waals surface area contributed by atoms with Crippen LogP contribution < -0.4 is 5.32 Å². The predicted octanol–water partition coefficient (Wildman–Crippen LogP) is 11.7. The van der Waals surface area contributed by atoms with Crippen LogP contribution in [0.1, 0.15) is 5.56 Å². The number of fused-ring (bicyclic) bond motifs is 9. The molecule has 0 atom stereocenters. The number of rotatable bonds is 5. The van der Waals surface area contributed by atoms with E-state index in [-0.39, 0.29) is 5.84 Å². The van der Waals surface area contributed by atoms with Gasteiger partial charge in [-0.05, 0) is 62.6 Å². The van der Waals surface area contributed by atoms with Crippen LogP contribution >= 0.6 is 0 Å². The van der Waals surface area contributed by atoms with E-state index >= 15 is 0 Å². The van der Waals surface area contributed by atoms with Crippen LogP contribution in [0.5, 0.6) is 0 Å². The number of aromatic nitrogens is 3. The number of anilines is 1. The van der Waals surface area contributed by atoms with Crippen molar-refractivity contribution in [3.8, 4) is 34.2 Å². The van der Waals surface area contributed by atoms with Crippen LogP contribution in [-0.4, -0.2) is 20.8 Å². The fourth-order valence-electron chi connectivity index (χ4n) is 7.35. The molecule has 52 heavy (non-hydrogen) atoms. The first kappa shape index (κ1) is 29.7. The van der Waals surface area contributed by atoms with E-state index in [2.05, 4.69) is 72.0 Å². The summed E-state index contributed by atoms with van der Waals surface area (Å²) in [6.45, 7) is 0. The van der Waals surface area contributed by atoms with Crippen LogP contribution in [0.2, 0.25) is 0 Å². The van der Waals surface area contributed by atoms with Crippen molar-refractivity contribution in [2.24, 2.45) is 0 Å². The van der Waals surface area contributed by atoms with Crippen molar-refractivity contribution in [1.82, 2.24) is 15.0 Å². The Kier molecular flexibility index (Phi) is 6.86. The first-order valence-corrected chi connectivity index (χ1v) is 17.2. The predicted molar refractivity (Wildman–Crippen MR) is 213 cm³/mol. The highest BCUT2D eigenvalue weighted by Crippen LogP contribution is 2.40. The molecule has 6 heteroatoms. The van der Waals surface area contributed by atoms with Gasteiger partial charge >= 0.3 is 0 Å². The van der Waals surface area contributed by atoms with E-state index in [1.54, 1.807) is 0 Å². The van der Waals surface area contributed by atoms with Crippen LogP contribution in [0.4, 0.5) is 5.69 Å². The first-order chi connectivity index (χ1) is 25.7. The number of hydrogen-bond donors (Lipinski definition) is 2. The molecule has 10 aromatic rings. The smallest absolute Gasteiger partial charge is 0.164 e. The van der Waals surface area contributed by atoms with Gasteiger partial charge in [0, 0.05) is 33.2 Å². The van der Waals surface area contributed by atoms with Crippen molar-refractivity contribution in [2.45, 2.75) is 0 Å². The monoisotopic (exact) mass is 667 g/mol. The van der Waals surface area contributed by atoms with Crippen LogP contribution in [0.3, 0.4) is 0 Å². The first-order valence-electron chi connectivity index (χ1n) is 17.2. The van der Waals surface area contributed by atoms with Gasteiger partial charge in [0.05, 0.1) is 5.56 Å². The molecule has 0 amide bonds. The zero-order valence-corrected chi connectivity index (χ0v) is 27.8. The van der Waals surface area contributed by atoms with E-state index < -0.39 is 0 Å². The maximum atomic E-state index is 8.94. The Bertz CT molecular complexity index is 2970. The van der Waals surface area contributed by atoms with E-state index in [0.29, 0.717) is 34.2 Å². The molecule has 244 valence electrons. The number of furan rings is 1. The lowest BCUT2D eigenvalue weighted by Gasteiger charge is -2.13. The van der Waals surface area contributed by atoms with E-state index in [9.17, 15) is 0 Å². The summed E-state index contributed by atoms with van der Waals surface area (Å²) in [4.78, 5) is 15.3. The summed E-state index contributed by atoms with van der Waals surface area (Å²) in [7, 11) is 0. The summed E-state index contributed by atoms with van der Waals surface area (Å²) in [6.07, 6.45) is 0. The molecule has 0 aliphatic rings. The second-order valence-electron chi connectivity index (χ2n) is 12.9. The van der Waals surface area contributed by atoms with Gasteiger partial charge in [-0.15, -0.1) is 0 Å². The Hall–Kier alpha value is -7.18. The lowest BCUT2D eigenvalue weighted by molar-refractivity contribution is 0.668. The molecular weight excluding hydrogens is 639 g/mol. The summed E-state index contributed by atoms with van der Waals surface area (Å²) in [6, 6.07) is 55.3. The number of nitrogens with zero attached hydrogens (tertiary/aromatic N) is 3. The van der Waals surface area contributed by atoms with Crippen LogP contribution in [0, 0.1) is 5.41 Å². The normalized spacial score (nSPS) is 11.5. The lowest BCUT2D eigenvalue weighted by Crippen LogP contribution is -2.11. The van der Waals surface area contributed by atoms with Crippen molar-refractivity contribution < 1.29 is 4.42 Å². The molecule has 0 radical (unpaired) electrons. The Morgan fingerprint density at radius 3 is 1.73 bits per heavy atom. The molecule has 0 saturated heterocycles. The van der Waals surface area contributed by atoms with Gasteiger partial charge in [0.25, 0.3) is 0 Å². The van der Waals surface area contributed by atoms with Gasteiger partial charge in [0.2, 0.25) is 0 Å². The quantitative estimate of drug-likeness (QED) is 0.108. The van der Waals surface area contributed by atoms with Crippen molar-refractivity contribution >= 4 is 65.8 Å². The standard InChI is InChI=1S/C46H29N5O/c47-43(48-30-15-5-2-6-16-30)38-23-11-21-36-41-37(22-12-24-40(41)52-42(36)38)46-50-44(28-13-3-1-4-14-28)49-45(51-46)29-25-26-35-33-19-8-7-17-31(33)32-18-9-10-20-34(32)39(35)27-29/h1-27H,(H2,47,48). The summed E-state index contributed by atoms with van der Waals surface area (Å²) < 4.78 is 6.51. The fraction of sp³-hybridized carbons (Fsp3) is 0. The number of hydrogen-bond acceptors (Lipinski definition) is 5. The maximum Gasteiger partial charge on any atom is 0.164 e. The van der Waals surface area contributed by atoms with E-state index in [1.807, 2.05) is 97.1 Å². The molecule has 0 spiro atoms. The Labute approximate surface area is 298 Å². The highest BCUT2D eigenvalue weighted by molar-refractivity contribution is 6.26. The molecule has 2 heterocycles. The van der Waals surface area contributed by atoms with Gasteiger partial charge in [-0.3, -0.25) is 5.41 Å². The molecule has 2 aromatic heterocycles. The molecule has 0 fully saturated rings. The third-order valence-corrected chi connectivity index (χ3v) is 9.75. The molecule has 0 unspecified atom stereocenters. The van der Waals surface area contributed by atoms with Crippen molar-refractivity contribution in [1.29, 1.82) is 5.41 Å². The molecular formula is C46H29N5O. The van der Waals surface area contributed by atoms with Gasteiger partial charge < -0.3 is 9.73 Å². The number of benzene rings is 8. The van der Waals surface area contributed by atoms with Gasteiger partial charge in [0.1, 0.15) is 17.0 Å². The molecule has 10 rings (SSSR count). The SMILES string of the molecule is N=C(Nc1ccccc1)c1cccc2c1oc1cccc(-c3nc(-c4ccccc4)nc(-c4ccc5c6ccccc6c6ccccc6c5c4)n3)c12. The Balaban J connectivity index is 1.18. The van der Waals surface area contributed by atoms with Crippen molar-refractivity contribution in [3.05, 3.63) is 169 Å². The zero-order valence-electron chi connectivity index (χ0n) is 27.8. The average Bonchev–Trinajstić information content (AvgIpc) is 3.60. The van der Waals surface area contributed by atoms with E-state index in [1.165, 1.54) is 26.9 Å². The molecule has 6 nitrogen and oxygen atoms in total. The minimum atomic E-state index is 0.253. The molecule has 0 aliphatic carbocycles. The molecule has 8 aromatic carbocycles. The summed E-state index contributed by atoms with van der Waals surface area (Å²) >= 11 is 0. The van der Waals surface area contributed by atoms with Gasteiger partial charge in [-0.1, -0.05) is 133 Å². The van der Waals surface area contributed by atoms with Crippen molar-refractivity contribution in [2.75, 3.05) is 5.32 Å². The van der Waals surface area contributed by atoms with Crippen molar-refractivity contribution in [3.63, 3.8) is 0 Å². The zero-order chi connectivity index (χ0) is 34.6. The average molecular weight is 668 g/mol. The topological polar surface area (TPSA) is 87.7 Å². The van der Waals surface area contributed by atoms with Crippen LogP contribution in [-0.2, 0) is 0 Å². The summed E-state index contributed by atoms with van der Waals surface area (Å²) in [5.74, 6) is 1.97. The number of nitrogens with one attached hydrogen (secondary N) is 2. The summed E-state index contributed by atoms with van der Waals surface area (Å²) in [5.41, 5.74) is 5.46. The summed E-state index contributed by atoms with van der Waals surface area (Å²) in [5, 5.41) is 21.1. The highest BCUT2D eigenvalue weighted by atomic mass is 16.3. The van der Waals surface area contributed by atoms with Gasteiger partial charge in [0.15, 0.2) is 17.5 Å². The number of para-hydroxylation sites is 2. The van der Waals surface area contributed by atoms with E-state index in [0.717, 1.165) is 38.5 Å². The highest BCUT2D eigenvalue weighted by Gasteiger charge is 2.20. The Morgan fingerprint density at radius 2 is 1.02 bits per heavy atom. The molecule has 0 bridgehead atoms. The van der Waals surface area contributed by atoms with Crippen LogP contribution in [0.25, 0.3) is 88.4 Å². The minimum absolute atomic E-state index is 0.253. The van der Waals surface area contributed by atoms with E-state index in [4.69, 9.17) is 24.8 Å². The second kappa shape index (κ2) is 12.0. The lowest BCUT2D eigenvalue weighted by atomic mass is 9.93. The maximum absolute atomic E-state index is 8.94. The van der Waals surface area contributed by atoms with Crippen LogP contribution in [0.15, 0.2) is 168 Å². The molecule has 0 aliphatic heterocycles. The second-order valence-corrected chi connectivity index (χ2v) is 12.9. The molecule has 2 N–H and O–H groups in total. The minimum Gasteiger partial charge on any atom is -0.455 e.